The Morgan fingerprint density at radius 1 is 1.23 bits per heavy atom. The smallest absolute Gasteiger partial charge is 0.257 e. The first-order valence-electron chi connectivity index (χ1n) is 7.34. The standard InChI is InChI=1S/C17H12FN3O/c18-10-3-4-11-12(7-10)15-14(5-6-19-17(15)22)21-8-13(9-1-2-9)20-16(11)21/h3-9H,1-2H2,(H,19,22). The highest BCUT2D eigenvalue weighted by molar-refractivity contribution is 6.11. The molecule has 5 rings (SSSR count). The summed E-state index contributed by atoms with van der Waals surface area (Å²) < 4.78 is 15.7. The van der Waals surface area contributed by atoms with Crippen molar-refractivity contribution in [1.82, 2.24) is 14.4 Å². The molecule has 0 unspecified atom stereocenters. The Balaban J connectivity index is 2.10. The van der Waals surface area contributed by atoms with E-state index in [1.54, 1.807) is 12.3 Å². The molecule has 1 saturated carbocycles. The van der Waals surface area contributed by atoms with Crippen molar-refractivity contribution in [2.45, 2.75) is 18.8 Å². The van der Waals surface area contributed by atoms with E-state index in [0.29, 0.717) is 16.7 Å². The van der Waals surface area contributed by atoms with Gasteiger partial charge >= 0.3 is 0 Å². The number of nitrogens with one attached hydrogen (secondary N) is 1. The van der Waals surface area contributed by atoms with Gasteiger partial charge in [0.15, 0.2) is 0 Å². The van der Waals surface area contributed by atoms with Gasteiger partial charge in [0.1, 0.15) is 11.5 Å². The van der Waals surface area contributed by atoms with E-state index >= 15 is 0 Å². The van der Waals surface area contributed by atoms with E-state index < -0.39 is 0 Å². The molecule has 1 fully saturated rings. The SMILES string of the molecule is O=c1[nH]ccc2c1c1cc(F)ccc1c1nc(C3CC3)cn21. The Morgan fingerprint density at radius 2 is 2.09 bits per heavy atom. The summed E-state index contributed by atoms with van der Waals surface area (Å²) in [6.45, 7) is 0. The number of fused-ring (bicyclic) bond motifs is 6. The first-order chi connectivity index (χ1) is 10.7. The van der Waals surface area contributed by atoms with Gasteiger partial charge in [0.25, 0.3) is 5.56 Å². The van der Waals surface area contributed by atoms with E-state index in [1.807, 2.05) is 16.7 Å². The molecule has 4 aromatic rings. The first kappa shape index (κ1) is 11.9. The molecule has 5 heteroatoms. The second kappa shape index (κ2) is 3.94. The summed E-state index contributed by atoms with van der Waals surface area (Å²) >= 11 is 0. The summed E-state index contributed by atoms with van der Waals surface area (Å²) in [4.78, 5) is 19.7. The van der Waals surface area contributed by atoms with Crippen LogP contribution < -0.4 is 5.56 Å². The van der Waals surface area contributed by atoms with Crippen LogP contribution in [0.5, 0.6) is 0 Å². The largest absolute Gasteiger partial charge is 0.328 e. The molecule has 0 spiro atoms. The van der Waals surface area contributed by atoms with Crippen LogP contribution in [0.3, 0.4) is 0 Å². The summed E-state index contributed by atoms with van der Waals surface area (Å²) in [6.07, 6.45) is 5.95. The molecule has 0 bridgehead atoms. The topological polar surface area (TPSA) is 50.2 Å². The molecular formula is C17H12FN3O. The fraction of sp³-hybridized carbons (Fsp3) is 0.176. The van der Waals surface area contributed by atoms with E-state index in [4.69, 9.17) is 4.98 Å². The van der Waals surface area contributed by atoms with Crippen molar-refractivity contribution in [2.24, 2.45) is 0 Å². The minimum Gasteiger partial charge on any atom is -0.328 e. The summed E-state index contributed by atoms with van der Waals surface area (Å²) in [6, 6.07) is 6.37. The molecule has 3 aromatic heterocycles. The summed E-state index contributed by atoms with van der Waals surface area (Å²) in [5.41, 5.74) is 2.39. The van der Waals surface area contributed by atoms with E-state index in [2.05, 4.69) is 4.98 Å². The number of aromatic amines is 1. The van der Waals surface area contributed by atoms with Crippen molar-refractivity contribution in [3.05, 3.63) is 58.5 Å². The normalized spacial score (nSPS) is 15.1. The minimum absolute atomic E-state index is 0.211. The Morgan fingerprint density at radius 3 is 2.91 bits per heavy atom. The Labute approximate surface area is 124 Å². The van der Waals surface area contributed by atoms with Crippen LogP contribution >= 0.6 is 0 Å². The summed E-state index contributed by atoms with van der Waals surface area (Å²) in [7, 11) is 0. The molecule has 0 aliphatic heterocycles. The monoisotopic (exact) mass is 293 g/mol. The maximum Gasteiger partial charge on any atom is 0.257 e. The van der Waals surface area contributed by atoms with Crippen LogP contribution in [0, 0.1) is 5.82 Å². The lowest BCUT2D eigenvalue weighted by Crippen LogP contribution is -2.07. The highest BCUT2D eigenvalue weighted by Gasteiger charge is 2.27. The third kappa shape index (κ3) is 1.51. The lowest BCUT2D eigenvalue weighted by molar-refractivity contribution is 0.630. The van der Waals surface area contributed by atoms with Crippen molar-refractivity contribution >= 4 is 27.3 Å². The molecule has 0 saturated heterocycles. The second-order valence-corrected chi connectivity index (χ2v) is 5.89. The number of H-pyrrole nitrogens is 1. The van der Waals surface area contributed by atoms with Crippen LogP contribution in [0.25, 0.3) is 27.3 Å². The fourth-order valence-corrected chi connectivity index (χ4v) is 3.20. The van der Waals surface area contributed by atoms with E-state index in [1.165, 1.54) is 12.1 Å². The highest BCUT2D eigenvalue weighted by Crippen LogP contribution is 2.40. The van der Waals surface area contributed by atoms with Gasteiger partial charge in [-0.15, -0.1) is 0 Å². The predicted octanol–water partition coefficient (Wildman–Crippen LogP) is 3.35. The van der Waals surface area contributed by atoms with E-state index in [0.717, 1.165) is 35.1 Å². The fourth-order valence-electron chi connectivity index (χ4n) is 3.20. The predicted molar refractivity (Wildman–Crippen MR) is 82.8 cm³/mol. The zero-order valence-electron chi connectivity index (χ0n) is 11.6. The van der Waals surface area contributed by atoms with Crippen LogP contribution in [-0.4, -0.2) is 14.4 Å². The molecule has 1 aliphatic rings. The third-order valence-corrected chi connectivity index (χ3v) is 4.41. The van der Waals surface area contributed by atoms with Crippen molar-refractivity contribution in [1.29, 1.82) is 0 Å². The molecule has 0 amide bonds. The van der Waals surface area contributed by atoms with Crippen molar-refractivity contribution < 1.29 is 4.39 Å². The van der Waals surface area contributed by atoms with Crippen molar-refractivity contribution in [2.75, 3.05) is 0 Å². The average Bonchev–Trinajstić information content (AvgIpc) is 3.26. The Bertz CT molecular complexity index is 1120. The Hall–Kier alpha value is -2.69. The van der Waals surface area contributed by atoms with Crippen LogP contribution in [0.15, 0.2) is 41.5 Å². The maximum absolute atomic E-state index is 13.7. The molecule has 22 heavy (non-hydrogen) atoms. The van der Waals surface area contributed by atoms with E-state index in [-0.39, 0.29) is 11.4 Å². The minimum atomic E-state index is -0.352. The van der Waals surface area contributed by atoms with E-state index in [9.17, 15) is 9.18 Å². The van der Waals surface area contributed by atoms with Crippen LogP contribution in [-0.2, 0) is 0 Å². The molecule has 3 heterocycles. The van der Waals surface area contributed by atoms with Gasteiger partial charge in [-0.3, -0.25) is 9.20 Å². The zero-order valence-corrected chi connectivity index (χ0v) is 11.6. The van der Waals surface area contributed by atoms with Gasteiger partial charge in [-0.2, -0.15) is 0 Å². The number of benzene rings is 1. The van der Waals surface area contributed by atoms with Gasteiger partial charge in [-0.25, -0.2) is 9.37 Å². The third-order valence-electron chi connectivity index (χ3n) is 4.41. The summed E-state index contributed by atoms with van der Waals surface area (Å²) in [5.74, 6) is 0.169. The lowest BCUT2D eigenvalue weighted by Gasteiger charge is -2.07. The number of hydrogen-bond donors (Lipinski definition) is 1. The van der Waals surface area contributed by atoms with Gasteiger partial charge in [-0.1, -0.05) is 0 Å². The molecule has 4 nitrogen and oxygen atoms in total. The van der Waals surface area contributed by atoms with Crippen LogP contribution in [0.4, 0.5) is 4.39 Å². The number of imidazole rings is 1. The van der Waals surface area contributed by atoms with Gasteiger partial charge in [-0.05, 0) is 37.1 Å². The quantitative estimate of drug-likeness (QED) is 0.547. The van der Waals surface area contributed by atoms with Gasteiger partial charge in [0, 0.05) is 29.1 Å². The molecule has 108 valence electrons. The first-order valence-corrected chi connectivity index (χ1v) is 7.34. The van der Waals surface area contributed by atoms with Gasteiger partial charge in [0.05, 0.1) is 16.6 Å². The molecule has 0 radical (unpaired) electrons. The number of nitrogens with zero attached hydrogens (tertiary/aromatic N) is 2. The number of hydrogen-bond acceptors (Lipinski definition) is 2. The molecule has 1 aromatic carbocycles. The molecular weight excluding hydrogens is 281 g/mol. The molecule has 1 aliphatic carbocycles. The number of halogens is 1. The molecule has 1 N–H and O–H groups in total. The van der Waals surface area contributed by atoms with Crippen LogP contribution in [0.2, 0.25) is 0 Å². The number of pyridine rings is 2. The second-order valence-electron chi connectivity index (χ2n) is 5.89. The van der Waals surface area contributed by atoms with Gasteiger partial charge in [0.2, 0.25) is 0 Å². The number of rotatable bonds is 1. The molecule has 0 atom stereocenters. The zero-order chi connectivity index (χ0) is 14.8. The highest BCUT2D eigenvalue weighted by atomic mass is 19.1. The van der Waals surface area contributed by atoms with Crippen molar-refractivity contribution in [3.8, 4) is 0 Å². The van der Waals surface area contributed by atoms with Crippen LogP contribution in [0.1, 0.15) is 24.5 Å². The average molecular weight is 293 g/mol. The maximum atomic E-state index is 13.7. The van der Waals surface area contributed by atoms with Crippen molar-refractivity contribution in [3.63, 3.8) is 0 Å². The summed E-state index contributed by atoms with van der Waals surface area (Å²) in [5, 5.41) is 1.92. The lowest BCUT2D eigenvalue weighted by atomic mass is 10.1. The number of aromatic nitrogens is 3. The Kier molecular flexibility index (Phi) is 2.13. The van der Waals surface area contributed by atoms with Gasteiger partial charge < -0.3 is 4.98 Å².